The van der Waals surface area contributed by atoms with Gasteiger partial charge < -0.3 is 5.11 Å². The van der Waals surface area contributed by atoms with Crippen LogP contribution in [0.3, 0.4) is 0 Å². The smallest absolute Gasteiger partial charge is 0.416 e. The van der Waals surface area contributed by atoms with E-state index in [0.717, 1.165) is 23.9 Å². The summed E-state index contributed by atoms with van der Waals surface area (Å²) in [5.74, 6) is 0.0290. The predicted octanol–water partition coefficient (Wildman–Crippen LogP) is 4.47. The van der Waals surface area contributed by atoms with E-state index < -0.39 is 22.4 Å². The van der Waals surface area contributed by atoms with Crippen molar-refractivity contribution in [3.8, 4) is 5.75 Å². The average molecular weight is 315 g/mol. The van der Waals surface area contributed by atoms with E-state index in [4.69, 9.17) is 5.11 Å². The first-order valence-electron chi connectivity index (χ1n) is 5.60. The van der Waals surface area contributed by atoms with Crippen LogP contribution >= 0.6 is 11.8 Å². The van der Waals surface area contributed by atoms with Gasteiger partial charge in [0.2, 0.25) is 0 Å². The zero-order chi connectivity index (χ0) is 15.6. The summed E-state index contributed by atoms with van der Waals surface area (Å²) in [5.41, 5.74) is -1.67. The van der Waals surface area contributed by atoms with Crippen LogP contribution in [0, 0.1) is 10.1 Å². The number of phenols is 1. The van der Waals surface area contributed by atoms with Gasteiger partial charge in [0.05, 0.1) is 15.4 Å². The largest absolute Gasteiger partial charge is 0.508 e. The monoisotopic (exact) mass is 315 g/mol. The van der Waals surface area contributed by atoms with Gasteiger partial charge in [-0.3, -0.25) is 10.1 Å². The van der Waals surface area contributed by atoms with E-state index in [1.165, 1.54) is 24.3 Å². The molecular weight excluding hydrogens is 307 g/mol. The third-order valence-corrected chi connectivity index (χ3v) is 3.62. The van der Waals surface area contributed by atoms with Gasteiger partial charge in [0.15, 0.2) is 0 Å². The molecule has 2 rings (SSSR count). The van der Waals surface area contributed by atoms with Gasteiger partial charge >= 0.3 is 6.18 Å². The van der Waals surface area contributed by atoms with Crippen LogP contribution in [0.5, 0.6) is 5.75 Å². The topological polar surface area (TPSA) is 63.4 Å². The minimum absolute atomic E-state index is 0.0290. The summed E-state index contributed by atoms with van der Waals surface area (Å²) in [6.07, 6.45) is -4.63. The predicted molar refractivity (Wildman–Crippen MR) is 70.3 cm³/mol. The van der Waals surface area contributed by atoms with Crippen LogP contribution in [0.25, 0.3) is 0 Å². The minimum atomic E-state index is -4.63. The molecule has 0 aliphatic heterocycles. The first kappa shape index (κ1) is 15.2. The Morgan fingerprint density at radius 3 is 2.24 bits per heavy atom. The molecule has 2 aromatic rings. The third-order valence-electron chi connectivity index (χ3n) is 2.55. The maximum atomic E-state index is 12.6. The van der Waals surface area contributed by atoms with Crippen LogP contribution in [0.1, 0.15) is 5.56 Å². The number of nitro groups is 1. The van der Waals surface area contributed by atoms with Crippen molar-refractivity contribution in [2.24, 2.45) is 0 Å². The fourth-order valence-corrected chi connectivity index (χ4v) is 2.46. The van der Waals surface area contributed by atoms with Crippen molar-refractivity contribution in [1.29, 1.82) is 0 Å². The Kier molecular flexibility index (Phi) is 4.08. The molecule has 21 heavy (non-hydrogen) atoms. The number of phenolic OH excluding ortho intramolecular Hbond substituents is 1. The fraction of sp³-hybridized carbons (Fsp3) is 0.0769. The zero-order valence-corrected chi connectivity index (χ0v) is 11.1. The second-order valence-corrected chi connectivity index (χ2v) is 5.15. The zero-order valence-electron chi connectivity index (χ0n) is 10.3. The van der Waals surface area contributed by atoms with Gasteiger partial charge in [-0.2, -0.15) is 13.2 Å². The quantitative estimate of drug-likeness (QED) is 0.670. The number of alkyl halides is 3. The van der Waals surface area contributed by atoms with Crippen molar-refractivity contribution in [1.82, 2.24) is 0 Å². The molecule has 0 amide bonds. The van der Waals surface area contributed by atoms with Crippen LogP contribution in [-0.4, -0.2) is 10.0 Å². The molecule has 0 aliphatic rings. The highest BCUT2D eigenvalue weighted by Crippen LogP contribution is 2.39. The number of hydrogen-bond donors (Lipinski definition) is 1. The average Bonchev–Trinajstić information content (AvgIpc) is 2.40. The summed E-state index contributed by atoms with van der Waals surface area (Å²) >= 11 is 0.950. The SMILES string of the molecule is O=[N+]([O-])c1cc(C(F)(F)F)ccc1Sc1ccc(O)cc1. The molecule has 0 saturated heterocycles. The summed E-state index contributed by atoms with van der Waals surface area (Å²) in [6, 6.07) is 8.19. The lowest BCUT2D eigenvalue weighted by Gasteiger charge is -2.08. The van der Waals surface area contributed by atoms with Crippen molar-refractivity contribution in [2.45, 2.75) is 16.0 Å². The van der Waals surface area contributed by atoms with E-state index >= 15 is 0 Å². The first-order chi connectivity index (χ1) is 9.77. The maximum Gasteiger partial charge on any atom is 0.416 e. The molecule has 4 nitrogen and oxygen atoms in total. The van der Waals surface area contributed by atoms with Crippen LogP contribution < -0.4 is 0 Å². The minimum Gasteiger partial charge on any atom is -0.508 e. The lowest BCUT2D eigenvalue weighted by atomic mass is 10.2. The molecule has 2 aromatic carbocycles. The Morgan fingerprint density at radius 1 is 1.10 bits per heavy atom. The Bertz CT molecular complexity index is 671. The van der Waals surface area contributed by atoms with Crippen LogP contribution in [0.2, 0.25) is 0 Å². The Labute approximate surface area is 121 Å². The highest BCUT2D eigenvalue weighted by atomic mass is 32.2. The van der Waals surface area contributed by atoms with E-state index in [1.807, 2.05) is 0 Å². The Morgan fingerprint density at radius 2 is 1.71 bits per heavy atom. The van der Waals surface area contributed by atoms with Gasteiger partial charge in [-0.25, -0.2) is 0 Å². The molecular formula is C13H8F3NO3S. The molecule has 1 N–H and O–H groups in total. The van der Waals surface area contributed by atoms with Gasteiger partial charge in [0, 0.05) is 11.0 Å². The summed E-state index contributed by atoms with van der Waals surface area (Å²) in [7, 11) is 0. The number of hydrogen-bond acceptors (Lipinski definition) is 4. The molecule has 0 aromatic heterocycles. The van der Waals surface area contributed by atoms with Gasteiger partial charge in [-0.1, -0.05) is 11.8 Å². The maximum absolute atomic E-state index is 12.6. The molecule has 110 valence electrons. The molecule has 0 spiro atoms. The third kappa shape index (κ3) is 3.66. The van der Waals surface area contributed by atoms with E-state index in [1.54, 1.807) is 0 Å². The van der Waals surface area contributed by atoms with Crippen molar-refractivity contribution < 1.29 is 23.2 Å². The molecule has 0 fully saturated rings. The van der Waals surface area contributed by atoms with Gasteiger partial charge in [-0.05, 0) is 36.4 Å². The highest BCUT2D eigenvalue weighted by Gasteiger charge is 2.33. The van der Waals surface area contributed by atoms with E-state index in [9.17, 15) is 23.3 Å². The normalized spacial score (nSPS) is 11.4. The van der Waals surface area contributed by atoms with Gasteiger partial charge in [-0.15, -0.1) is 0 Å². The number of benzene rings is 2. The highest BCUT2D eigenvalue weighted by molar-refractivity contribution is 7.99. The Hall–Kier alpha value is -2.22. The summed E-state index contributed by atoms with van der Waals surface area (Å²) in [5, 5.41) is 20.1. The van der Waals surface area contributed by atoms with Crippen molar-refractivity contribution in [3.63, 3.8) is 0 Å². The van der Waals surface area contributed by atoms with Crippen LogP contribution in [0.15, 0.2) is 52.3 Å². The number of rotatable bonds is 3. The van der Waals surface area contributed by atoms with E-state index in [0.29, 0.717) is 11.0 Å². The molecule has 0 heterocycles. The van der Waals surface area contributed by atoms with Crippen LogP contribution in [0.4, 0.5) is 18.9 Å². The second kappa shape index (κ2) is 5.65. The van der Waals surface area contributed by atoms with E-state index in [2.05, 4.69) is 0 Å². The molecule has 0 aliphatic carbocycles. The standard InChI is InChI=1S/C13H8F3NO3S/c14-13(15,16)8-1-6-12(11(7-8)17(19)20)21-10-4-2-9(18)3-5-10/h1-7,18H. The molecule has 0 bridgehead atoms. The second-order valence-electron chi connectivity index (χ2n) is 4.03. The summed E-state index contributed by atoms with van der Waals surface area (Å²) < 4.78 is 37.7. The van der Waals surface area contributed by atoms with Gasteiger partial charge in [0.25, 0.3) is 5.69 Å². The number of nitro benzene ring substituents is 1. The molecule has 8 heteroatoms. The summed E-state index contributed by atoms with van der Waals surface area (Å²) in [4.78, 5) is 10.7. The van der Waals surface area contributed by atoms with E-state index in [-0.39, 0.29) is 10.6 Å². The molecule has 0 saturated carbocycles. The fourth-order valence-electron chi connectivity index (χ4n) is 1.56. The lowest BCUT2D eigenvalue weighted by Crippen LogP contribution is -2.05. The molecule has 0 radical (unpaired) electrons. The Balaban J connectivity index is 2.39. The molecule has 0 atom stereocenters. The van der Waals surface area contributed by atoms with Crippen LogP contribution in [-0.2, 0) is 6.18 Å². The number of halogens is 3. The number of aromatic hydroxyl groups is 1. The van der Waals surface area contributed by atoms with Crippen molar-refractivity contribution >= 4 is 17.4 Å². The molecule has 0 unspecified atom stereocenters. The number of nitrogens with zero attached hydrogens (tertiary/aromatic N) is 1. The van der Waals surface area contributed by atoms with Crippen molar-refractivity contribution in [2.75, 3.05) is 0 Å². The summed E-state index contributed by atoms with van der Waals surface area (Å²) in [6.45, 7) is 0. The lowest BCUT2D eigenvalue weighted by molar-refractivity contribution is -0.388. The first-order valence-corrected chi connectivity index (χ1v) is 6.41. The van der Waals surface area contributed by atoms with Gasteiger partial charge in [0.1, 0.15) is 5.75 Å². The van der Waals surface area contributed by atoms with Crippen molar-refractivity contribution in [3.05, 3.63) is 58.1 Å².